The molecular formula is C17H21NO3. The van der Waals surface area contributed by atoms with Crippen LogP contribution in [0.1, 0.15) is 42.3 Å². The van der Waals surface area contributed by atoms with Gasteiger partial charge in [0.05, 0.1) is 0 Å². The summed E-state index contributed by atoms with van der Waals surface area (Å²) < 4.78 is 5.46. The molecule has 2 N–H and O–H groups in total. The van der Waals surface area contributed by atoms with Gasteiger partial charge in [-0.2, -0.15) is 0 Å². The summed E-state index contributed by atoms with van der Waals surface area (Å²) in [5.41, 5.74) is 1.39. The summed E-state index contributed by atoms with van der Waals surface area (Å²) in [5.74, 6) is 0.523. The minimum absolute atomic E-state index is 0.0585. The second kappa shape index (κ2) is 5.90. The van der Waals surface area contributed by atoms with E-state index >= 15 is 0 Å². The Bertz CT molecular complexity index is 647. The van der Waals surface area contributed by atoms with Crippen molar-refractivity contribution < 1.29 is 14.3 Å². The van der Waals surface area contributed by atoms with Gasteiger partial charge in [-0.15, -0.1) is 0 Å². The number of aromatic carboxylic acids is 1. The Labute approximate surface area is 124 Å². The number of para-hydroxylation sites is 1. The Morgan fingerprint density at radius 3 is 2.90 bits per heavy atom. The molecule has 21 heavy (non-hydrogen) atoms. The number of rotatable bonds is 5. The maximum Gasteiger partial charge on any atom is 0.372 e. The summed E-state index contributed by atoms with van der Waals surface area (Å²) in [6.07, 6.45) is 3.88. The largest absolute Gasteiger partial charge is 0.475 e. The maximum absolute atomic E-state index is 11.3. The first-order valence-electron chi connectivity index (χ1n) is 7.61. The zero-order valence-electron chi connectivity index (χ0n) is 12.3. The third-order valence-electron chi connectivity index (χ3n) is 4.64. The Kier molecular flexibility index (Phi) is 3.97. The molecule has 0 bridgehead atoms. The molecule has 2 atom stereocenters. The van der Waals surface area contributed by atoms with E-state index in [4.69, 9.17) is 4.42 Å². The van der Waals surface area contributed by atoms with E-state index < -0.39 is 5.97 Å². The molecule has 1 aromatic heterocycles. The molecule has 0 saturated heterocycles. The number of benzene rings is 1. The van der Waals surface area contributed by atoms with Crippen LogP contribution in [-0.4, -0.2) is 17.6 Å². The van der Waals surface area contributed by atoms with Gasteiger partial charge in [0.15, 0.2) is 0 Å². The van der Waals surface area contributed by atoms with E-state index in [0.29, 0.717) is 18.0 Å². The van der Waals surface area contributed by atoms with Crippen molar-refractivity contribution in [3.05, 3.63) is 35.6 Å². The highest BCUT2D eigenvalue weighted by Crippen LogP contribution is 2.31. The Hall–Kier alpha value is -1.81. The average Bonchev–Trinajstić information content (AvgIpc) is 3.04. The fourth-order valence-electron chi connectivity index (χ4n) is 3.36. The molecule has 1 aliphatic carbocycles. The maximum atomic E-state index is 11.3. The smallest absolute Gasteiger partial charge is 0.372 e. The summed E-state index contributed by atoms with van der Waals surface area (Å²) in [4.78, 5) is 11.3. The summed E-state index contributed by atoms with van der Waals surface area (Å²) >= 11 is 0. The predicted octanol–water partition coefficient (Wildman–Crippen LogP) is 3.66. The topological polar surface area (TPSA) is 62.5 Å². The third kappa shape index (κ3) is 2.81. The van der Waals surface area contributed by atoms with Gasteiger partial charge in [0, 0.05) is 17.5 Å². The van der Waals surface area contributed by atoms with E-state index in [2.05, 4.69) is 12.2 Å². The normalized spacial score (nSPS) is 22.0. The molecule has 0 aliphatic heterocycles. The van der Waals surface area contributed by atoms with Gasteiger partial charge in [0.1, 0.15) is 5.58 Å². The van der Waals surface area contributed by atoms with Crippen LogP contribution in [-0.2, 0) is 6.54 Å². The van der Waals surface area contributed by atoms with E-state index in [-0.39, 0.29) is 5.76 Å². The number of carboxylic acid groups (broad SMARTS) is 1. The Balaban J connectivity index is 1.76. The molecular weight excluding hydrogens is 266 g/mol. The van der Waals surface area contributed by atoms with Crippen LogP contribution in [0.4, 0.5) is 0 Å². The number of hydrogen-bond donors (Lipinski definition) is 2. The fraction of sp³-hybridized carbons (Fsp3) is 0.471. The molecule has 1 fully saturated rings. The second-order valence-electron chi connectivity index (χ2n) is 6.01. The highest BCUT2D eigenvalue weighted by Gasteiger charge is 2.24. The van der Waals surface area contributed by atoms with Crippen LogP contribution in [0.25, 0.3) is 11.0 Å². The van der Waals surface area contributed by atoms with Crippen LogP contribution in [0.2, 0.25) is 0 Å². The van der Waals surface area contributed by atoms with Crippen molar-refractivity contribution in [3.8, 4) is 0 Å². The van der Waals surface area contributed by atoms with Gasteiger partial charge >= 0.3 is 5.97 Å². The molecule has 0 amide bonds. The summed E-state index contributed by atoms with van der Waals surface area (Å²) in [5, 5.41) is 13.6. The number of furan rings is 1. The first kappa shape index (κ1) is 14.1. The second-order valence-corrected chi connectivity index (χ2v) is 6.01. The molecule has 4 nitrogen and oxygen atoms in total. The van der Waals surface area contributed by atoms with Crippen molar-refractivity contribution >= 4 is 16.9 Å². The lowest BCUT2D eigenvalue weighted by atomic mass is 9.98. The predicted molar refractivity (Wildman–Crippen MR) is 81.4 cm³/mol. The molecule has 1 heterocycles. The fourth-order valence-corrected chi connectivity index (χ4v) is 3.36. The van der Waals surface area contributed by atoms with Gasteiger partial charge in [0.2, 0.25) is 5.76 Å². The van der Waals surface area contributed by atoms with Gasteiger partial charge in [-0.3, -0.25) is 0 Å². The van der Waals surface area contributed by atoms with Crippen molar-refractivity contribution in [3.63, 3.8) is 0 Å². The average molecular weight is 287 g/mol. The zero-order valence-corrected chi connectivity index (χ0v) is 12.3. The van der Waals surface area contributed by atoms with Gasteiger partial charge in [-0.1, -0.05) is 38.0 Å². The monoisotopic (exact) mass is 287 g/mol. The van der Waals surface area contributed by atoms with Gasteiger partial charge < -0.3 is 14.8 Å². The van der Waals surface area contributed by atoms with E-state index in [9.17, 15) is 9.90 Å². The molecule has 1 aliphatic rings. The van der Waals surface area contributed by atoms with Crippen LogP contribution >= 0.6 is 0 Å². The van der Waals surface area contributed by atoms with E-state index in [0.717, 1.165) is 23.4 Å². The zero-order chi connectivity index (χ0) is 14.8. The van der Waals surface area contributed by atoms with Crippen molar-refractivity contribution in [1.29, 1.82) is 0 Å². The lowest BCUT2D eigenvalue weighted by Crippen LogP contribution is -2.24. The summed E-state index contributed by atoms with van der Waals surface area (Å²) in [7, 11) is 0. The molecule has 112 valence electrons. The first-order chi connectivity index (χ1) is 10.2. The molecule has 3 rings (SSSR count). The van der Waals surface area contributed by atoms with Crippen LogP contribution in [0.5, 0.6) is 0 Å². The van der Waals surface area contributed by atoms with Gasteiger partial charge in [0.25, 0.3) is 0 Å². The molecule has 1 saturated carbocycles. The molecule has 0 radical (unpaired) electrons. The highest BCUT2D eigenvalue weighted by molar-refractivity contribution is 5.95. The minimum Gasteiger partial charge on any atom is -0.475 e. The number of hydrogen-bond acceptors (Lipinski definition) is 3. The van der Waals surface area contributed by atoms with E-state index in [1.165, 1.54) is 19.3 Å². The minimum atomic E-state index is -1.00. The number of carboxylic acids is 1. The lowest BCUT2D eigenvalue weighted by molar-refractivity contribution is 0.0663. The van der Waals surface area contributed by atoms with Crippen molar-refractivity contribution in [2.24, 2.45) is 11.8 Å². The summed E-state index contributed by atoms with van der Waals surface area (Å²) in [6, 6.07) is 7.49. The highest BCUT2D eigenvalue weighted by atomic mass is 16.4. The van der Waals surface area contributed by atoms with Crippen LogP contribution in [0.3, 0.4) is 0 Å². The number of fused-ring (bicyclic) bond motifs is 1. The lowest BCUT2D eigenvalue weighted by Gasteiger charge is -2.15. The standard InChI is InChI=1S/C17H21NO3/c1-11-5-4-6-12(11)9-18-10-14-13-7-2-3-8-15(13)21-16(14)17(19)20/h2-3,7-8,11-12,18H,4-6,9-10H2,1H3,(H,19,20). The Morgan fingerprint density at radius 2 is 2.19 bits per heavy atom. The van der Waals surface area contributed by atoms with Crippen molar-refractivity contribution in [2.45, 2.75) is 32.7 Å². The van der Waals surface area contributed by atoms with E-state index in [1.54, 1.807) is 0 Å². The molecule has 0 spiro atoms. The van der Waals surface area contributed by atoms with Crippen LogP contribution in [0.15, 0.2) is 28.7 Å². The first-order valence-corrected chi connectivity index (χ1v) is 7.61. The quantitative estimate of drug-likeness (QED) is 0.881. The number of carbonyl (C=O) groups is 1. The third-order valence-corrected chi connectivity index (χ3v) is 4.64. The molecule has 1 aromatic carbocycles. The van der Waals surface area contributed by atoms with Crippen molar-refractivity contribution in [2.75, 3.05) is 6.54 Å². The molecule has 4 heteroatoms. The van der Waals surface area contributed by atoms with Gasteiger partial charge in [-0.25, -0.2) is 4.79 Å². The SMILES string of the molecule is CC1CCCC1CNCc1c(C(=O)O)oc2ccccc12. The summed E-state index contributed by atoms with van der Waals surface area (Å²) in [6.45, 7) is 3.79. The van der Waals surface area contributed by atoms with Crippen LogP contribution < -0.4 is 5.32 Å². The number of nitrogens with one attached hydrogen (secondary N) is 1. The van der Waals surface area contributed by atoms with E-state index in [1.807, 2.05) is 24.3 Å². The Morgan fingerprint density at radius 1 is 1.38 bits per heavy atom. The van der Waals surface area contributed by atoms with Crippen LogP contribution in [0, 0.1) is 11.8 Å². The van der Waals surface area contributed by atoms with Gasteiger partial charge in [-0.05, 0) is 30.9 Å². The molecule has 2 unspecified atom stereocenters. The molecule has 2 aromatic rings. The van der Waals surface area contributed by atoms with Crippen molar-refractivity contribution in [1.82, 2.24) is 5.32 Å².